The predicted octanol–water partition coefficient (Wildman–Crippen LogP) is 3.33. The van der Waals surface area contributed by atoms with E-state index in [0.717, 1.165) is 31.7 Å². The van der Waals surface area contributed by atoms with Crippen molar-refractivity contribution in [3.05, 3.63) is 50.0 Å². The summed E-state index contributed by atoms with van der Waals surface area (Å²) in [7, 11) is 1.93. The molecule has 0 bridgehead atoms. The molecule has 0 saturated heterocycles. The smallest absolute Gasteiger partial charge is 0.341 e. The Hall–Kier alpha value is -2.38. The first-order valence-electron chi connectivity index (χ1n) is 9.83. The van der Waals surface area contributed by atoms with Gasteiger partial charge in [0.2, 0.25) is 5.43 Å². The molecule has 2 N–H and O–H groups in total. The molecule has 1 unspecified atom stereocenters. The number of likely N-dealkylation sites (N-methyl/N-ethyl adjacent to an activating group) is 1. The Morgan fingerprint density at radius 3 is 2.72 bits per heavy atom. The Bertz CT molecular complexity index is 1150. The SMILES string of the molecule is CNC1CCC2=C1CN(c1c(F)cc3c(=O)c(C(=O)O)cn(C4CC4)c3c1Cl)C2. The first-order chi connectivity index (χ1) is 13.9. The standard InChI is InChI=1S/C21H21ClFN3O3/c1-24-16-5-2-10-7-25(8-13(10)16)19-15(23)6-12-18(17(19)22)26(11-3-4-11)9-14(20(12)27)21(28)29/h6,9,11,16,24H,2-5,7-8H2,1H3,(H,28,29). The van der Waals surface area contributed by atoms with Gasteiger partial charge in [0.05, 0.1) is 21.6 Å². The number of anilines is 1. The van der Waals surface area contributed by atoms with E-state index in [-0.39, 0.29) is 22.0 Å². The van der Waals surface area contributed by atoms with E-state index < -0.39 is 17.2 Å². The zero-order valence-corrected chi connectivity index (χ0v) is 16.7. The maximum absolute atomic E-state index is 15.2. The molecule has 2 aliphatic carbocycles. The number of hydrogen-bond donors (Lipinski definition) is 2. The largest absolute Gasteiger partial charge is 0.477 e. The highest BCUT2D eigenvalue weighted by atomic mass is 35.5. The quantitative estimate of drug-likeness (QED) is 0.746. The summed E-state index contributed by atoms with van der Waals surface area (Å²) in [6.45, 7) is 1.22. The van der Waals surface area contributed by atoms with Crippen LogP contribution in [0, 0.1) is 5.82 Å². The van der Waals surface area contributed by atoms with E-state index in [1.807, 2.05) is 11.9 Å². The second-order valence-electron chi connectivity index (χ2n) is 8.10. The normalized spacial score (nSPS) is 21.3. The summed E-state index contributed by atoms with van der Waals surface area (Å²) < 4.78 is 16.9. The molecule has 2 aromatic rings. The van der Waals surface area contributed by atoms with Crippen LogP contribution in [0.5, 0.6) is 0 Å². The highest BCUT2D eigenvalue weighted by molar-refractivity contribution is 6.38. The third-order valence-corrected chi connectivity index (χ3v) is 6.73. The first kappa shape index (κ1) is 18.6. The Labute approximate surface area is 171 Å². The van der Waals surface area contributed by atoms with E-state index in [1.165, 1.54) is 17.3 Å². The summed E-state index contributed by atoms with van der Waals surface area (Å²) in [6, 6.07) is 1.55. The van der Waals surface area contributed by atoms with Crippen molar-refractivity contribution < 1.29 is 14.3 Å². The van der Waals surface area contributed by atoms with E-state index in [9.17, 15) is 14.7 Å². The van der Waals surface area contributed by atoms with Gasteiger partial charge >= 0.3 is 5.97 Å². The van der Waals surface area contributed by atoms with E-state index in [2.05, 4.69) is 5.32 Å². The molecule has 1 aromatic heterocycles. The molecular formula is C21H21ClFN3O3. The Balaban J connectivity index is 1.67. The molecule has 8 heteroatoms. The second kappa shape index (κ2) is 6.57. The van der Waals surface area contributed by atoms with Crippen LogP contribution in [0.15, 0.2) is 28.2 Å². The molecule has 6 nitrogen and oxygen atoms in total. The molecule has 5 rings (SSSR count). The van der Waals surface area contributed by atoms with E-state index in [1.54, 1.807) is 4.57 Å². The number of aromatic nitrogens is 1. The number of carbonyl (C=O) groups is 1. The fourth-order valence-electron chi connectivity index (χ4n) is 4.79. The zero-order valence-electron chi connectivity index (χ0n) is 16.0. The van der Waals surface area contributed by atoms with Gasteiger partial charge in [0.25, 0.3) is 0 Å². The van der Waals surface area contributed by atoms with Gasteiger partial charge in [-0.15, -0.1) is 0 Å². The van der Waals surface area contributed by atoms with Crippen LogP contribution in [0.2, 0.25) is 5.02 Å². The Morgan fingerprint density at radius 2 is 2.07 bits per heavy atom. The summed E-state index contributed by atoms with van der Waals surface area (Å²) in [5, 5.41) is 12.9. The minimum absolute atomic E-state index is 0.0239. The number of carboxylic acid groups (broad SMARTS) is 1. The fourth-order valence-corrected chi connectivity index (χ4v) is 5.19. The third kappa shape index (κ3) is 2.79. The van der Waals surface area contributed by atoms with Crippen molar-refractivity contribution in [1.82, 2.24) is 9.88 Å². The van der Waals surface area contributed by atoms with E-state index >= 15 is 4.39 Å². The van der Waals surface area contributed by atoms with Gasteiger partial charge in [-0.3, -0.25) is 4.79 Å². The number of aromatic carboxylic acids is 1. The number of benzene rings is 1. The van der Waals surface area contributed by atoms with Gasteiger partial charge in [0.15, 0.2) is 0 Å². The van der Waals surface area contributed by atoms with Crippen molar-refractivity contribution in [2.24, 2.45) is 0 Å². The van der Waals surface area contributed by atoms with Crippen LogP contribution in [-0.2, 0) is 0 Å². The number of halogens is 2. The van der Waals surface area contributed by atoms with E-state index in [0.29, 0.717) is 30.3 Å². The highest BCUT2D eigenvalue weighted by Gasteiger charge is 2.35. The van der Waals surface area contributed by atoms with Gasteiger partial charge < -0.3 is 19.9 Å². The Kier molecular flexibility index (Phi) is 4.22. The topological polar surface area (TPSA) is 74.6 Å². The summed E-state index contributed by atoms with van der Waals surface area (Å²) >= 11 is 6.71. The molecule has 0 spiro atoms. The molecule has 3 aliphatic rings. The molecule has 1 fully saturated rings. The lowest BCUT2D eigenvalue weighted by atomic mass is 10.1. The van der Waals surface area contributed by atoms with Crippen LogP contribution in [0.3, 0.4) is 0 Å². The maximum Gasteiger partial charge on any atom is 0.341 e. The second-order valence-corrected chi connectivity index (χ2v) is 8.48. The van der Waals surface area contributed by atoms with Crippen molar-refractivity contribution in [2.45, 2.75) is 37.8 Å². The molecule has 1 aromatic carbocycles. The number of pyridine rings is 1. The molecule has 1 saturated carbocycles. The zero-order chi connectivity index (χ0) is 20.4. The summed E-state index contributed by atoms with van der Waals surface area (Å²) in [5.74, 6) is -1.91. The van der Waals surface area contributed by atoms with Crippen molar-refractivity contribution in [2.75, 3.05) is 25.0 Å². The van der Waals surface area contributed by atoms with Crippen molar-refractivity contribution in [3.63, 3.8) is 0 Å². The summed E-state index contributed by atoms with van der Waals surface area (Å²) in [5.41, 5.74) is 2.28. The van der Waals surface area contributed by atoms with Crippen molar-refractivity contribution in [3.8, 4) is 0 Å². The number of fused-ring (bicyclic) bond motifs is 1. The minimum atomic E-state index is -1.31. The van der Waals surface area contributed by atoms with Crippen molar-refractivity contribution >= 4 is 34.2 Å². The van der Waals surface area contributed by atoms with Crippen LogP contribution in [0.4, 0.5) is 10.1 Å². The maximum atomic E-state index is 15.2. The molecule has 1 aliphatic heterocycles. The molecule has 0 radical (unpaired) electrons. The van der Waals surface area contributed by atoms with Gasteiger partial charge in [-0.05, 0) is 49.9 Å². The van der Waals surface area contributed by atoms with Crippen LogP contribution in [0.25, 0.3) is 10.9 Å². The lowest BCUT2D eigenvalue weighted by Crippen LogP contribution is -2.31. The lowest BCUT2D eigenvalue weighted by molar-refractivity contribution is 0.0695. The van der Waals surface area contributed by atoms with Gasteiger partial charge in [-0.2, -0.15) is 0 Å². The molecule has 1 atom stereocenters. The van der Waals surface area contributed by atoms with Crippen LogP contribution in [0.1, 0.15) is 42.1 Å². The first-order valence-corrected chi connectivity index (χ1v) is 10.2. The molecule has 152 valence electrons. The average Bonchev–Trinajstić information content (AvgIpc) is 3.33. The summed E-state index contributed by atoms with van der Waals surface area (Å²) in [6.07, 6.45) is 5.16. The molecule has 29 heavy (non-hydrogen) atoms. The van der Waals surface area contributed by atoms with Gasteiger partial charge in [-0.25, -0.2) is 9.18 Å². The van der Waals surface area contributed by atoms with Crippen LogP contribution in [-0.4, -0.2) is 41.8 Å². The van der Waals surface area contributed by atoms with Gasteiger partial charge in [0.1, 0.15) is 11.4 Å². The summed E-state index contributed by atoms with van der Waals surface area (Å²) in [4.78, 5) is 26.1. The van der Waals surface area contributed by atoms with Gasteiger partial charge in [-0.1, -0.05) is 11.6 Å². The minimum Gasteiger partial charge on any atom is -0.477 e. The highest BCUT2D eigenvalue weighted by Crippen LogP contribution is 2.44. The predicted molar refractivity (Wildman–Crippen MR) is 110 cm³/mol. The number of rotatable bonds is 4. The average molecular weight is 418 g/mol. The Morgan fingerprint density at radius 1 is 1.31 bits per heavy atom. The number of hydrogen-bond acceptors (Lipinski definition) is 4. The molecule has 0 amide bonds. The molecule has 2 heterocycles. The lowest BCUT2D eigenvalue weighted by Gasteiger charge is -2.25. The van der Waals surface area contributed by atoms with Crippen LogP contribution < -0.4 is 15.6 Å². The van der Waals surface area contributed by atoms with Crippen molar-refractivity contribution in [1.29, 1.82) is 0 Å². The van der Waals surface area contributed by atoms with Crippen LogP contribution >= 0.6 is 11.6 Å². The van der Waals surface area contributed by atoms with Gasteiger partial charge in [0, 0.05) is 31.4 Å². The number of carboxylic acids is 1. The third-order valence-electron chi connectivity index (χ3n) is 6.37. The number of nitrogens with zero attached hydrogens (tertiary/aromatic N) is 2. The fraction of sp³-hybridized carbons (Fsp3) is 0.429. The monoisotopic (exact) mass is 417 g/mol. The molecular weight excluding hydrogens is 397 g/mol. The number of nitrogens with one attached hydrogen (secondary N) is 1. The van der Waals surface area contributed by atoms with E-state index in [4.69, 9.17) is 11.6 Å².